The molecule has 0 saturated carbocycles. The van der Waals surface area contributed by atoms with E-state index in [0.717, 1.165) is 24.3 Å². The van der Waals surface area contributed by atoms with Crippen molar-refractivity contribution in [2.45, 2.75) is 31.8 Å². The number of nitrogens with zero attached hydrogens (tertiary/aromatic N) is 1. The Bertz CT molecular complexity index is 680. The van der Waals surface area contributed by atoms with Crippen molar-refractivity contribution >= 4 is 17.3 Å². The molecule has 0 radical (unpaired) electrons. The van der Waals surface area contributed by atoms with Crippen molar-refractivity contribution in [1.29, 1.82) is 0 Å². The summed E-state index contributed by atoms with van der Waals surface area (Å²) in [6.45, 7) is 2.89. The fourth-order valence-electron chi connectivity index (χ4n) is 3.27. The third-order valence-corrected chi connectivity index (χ3v) is 5.43. The van der Waals surface area contributed by atoms with Crippen molar-refractivity contribution in [1.82, 2.24) is 4.90 Å². The Hall–Kier alpha value is -1.85. The van der Waals surface area contributed by atoms with Crippen molar-refractivity contribution < 1.29 is 14.6 Å². The van der Waals surface area contributed by atoms with E-state index in [0.29, 0.717) is 6.42 Å². The number of hydrogen-bond donors (Lipinski definition) is 1. The summed E-state index contributed by atoms with van der Waals surface area (Å²) < 4.78 is 5.24. The Morgan fingerprint density at radius 2 is 2.04 bits per heavy atom. The standard InChI is InChI=1S/C18H21NO3S/c1-12-5-10-16(23-12)17(13-6-8-14(22-2)9-7-13)19-11-3-4-15(19)18(20)21/h5-10,15,17H,3-4,11H2,1-2H3,(H,20,21). The van der Waals surface area contributed by atoms with E-state index in [2.05, 4.69) is 24.0 Å². The molecule has 1 N–H and O–H groups in total. The average Bonchev–Trinajstić information content (AvgIpc) is 3.18. The van der Waals surface area contributed by atoms with Crippen LogP contribution >= 0.6 is 11.3 Å². The van der Waals surface area contributed by atoms with Gasteiger partial charge in [-0.2, -0.15) is 0 Å². The quantitative estimate of drug-likeness (QED) is 0.907. The Balaban J connectivity index is 2.01. The minimum Gasteiger partial charge on any atom is -0.497 e. The van der Waals surface area contributed by atoms with Crippen LogP contribution in [-0.4, -0.2) is 35.7 Å². The SMILES string of the molecule is COc1ccc(C(c2ccc(C)s2)N2CCCC2C(=O)O)cc1. The number of carbonyl (C=O) groups is 1. The van der Waals surface area contributed by atoms with Gasteiger partial charge in [-0.15, -0.1) is 11.3 Å². The summed E-state index contributed by atoms with van der Waals surface area (Å²) in [7, 11) is 1.65. The lowest BCUT2D eigenvalue weighted by Crippen LogP contribution is -2.38. The Morgan fingerprint density at radius 1 is 1.30 bits per heavy atom. The molecule has 0 aliphatic carbocycles. The second-order valence-electron chi connectivity index (χ2n) is 5.86. The van der Waals surface area contributed by atoms with Crippen LogP contribution in [0.2, 0.25) is 0 Å². The van der Waals surface area contributed by atoms with Gasteiger partial charge in [0.15, 0.2) is 0 Å². The van der Waals surface area contributed by atoms with Gasteiger partial charge in [0.1, 0.15) is 11.8 Å². The van der Waals surface area contributed by atoms with Crippen LogP contribution in [0.1, 0.15) is 34.2 Å². The van der Waals surface area contributed by atoms with Crippen LogP contribution < -0.4 is 4.74 Å². The molecule has 1 fully saturated rings. The minimum atomic E-state index is -0.728. The number of benzene rings is 1. The molecule has 1 aromatic carbocycles. The highest BCUT2D eigenvalue weighted by Crippen LogP contribution is 2.38. The van der Waals surface area contributed by atoms with Gasteiger partial charge < -0.3 is 9.84 Å². The predicted molar refractivity (Wildman–Crippen MR) is 91.3 cm³/mol. The first kappa shape index (κ1) is 16.0. The number of thiophene rings is 1. The fraction of sp³-hybridized carbons (Fsp3) is 0.389. The highest BCUT2D eigenvalue weighted by Gasteiger charge is 2.37. The van der Waals surface area contributed by atoms with Gasteiger partial charge in [0, 0.05) is 16.3 Å². The lowest BCUT2D eigenvalue weighted by molar-refractivity contribution is -0.142. The van der Waals surface area contributed by atoms with E-state index in [1.165, 1.54) is 9.75 Å². The van der Waals surface area contributed by atoms with Crippen LogP contribution in [0.4, 0.5) is 0 Å². The van der Waals surface area contributed by atoms with Gasteiger partial charge in [-0.3, -0.25) is 9.69 Å². The van der Waals surface area contributed by atoms with Gasteiger partial charge >= 0.3 is 5.97 Å². The van der Waals surface area contributed by atoms with Crippen LogP contribution in [0.15, 0.2) is 36.4 Å². The van der Waals surface area contributed by atoms with Gasteiger partial charge in [-0.05, 0) is 49.6 Å². The molecule has 4 nitrogen and oxygen atoms in total. The normalized spacial score (nSPS) is 19.7. The highest BCUT2D eigenvalue weighted by molar-refractivity contribution is 7.12. The number of aryl methyl sites for hydroxylation is 1. The number of rotatable bonds is 5. The third kappa shape index (κ3) is 3.26. The molecule has 3 rings (SSSR count). The van der Waals surface area contributed by atoms with E-state index in [1.54, 1.807) is 18.4 Å². The van der Waals surface area contributed by atoms with E-state index in [1.807, 2.05) is 24.3 Å². The first-order valence-corrected chi connectivity index (χ1v) is 8.60. The van der Waals surface area contributed by atoms with E-state index >= 15 is 0 Å². The lowest BCUT2D eigenvalue weighted by atomic mass is 10.0. The molecular formula is C18H21NO3S. The van der Waals surface area contributed by atoms with Crippen LogP contribution in [0.3, 0.4) is 0 Å². The zero-order chi connectivity index (χ0) is 16.4. The second kappa shape index (κ2) is 6.72. The van der Waals surface area contributed by atoms with Crippen molar-refractivity contribution in [2.24, 2.45) is 0 Å². The number of hydrogen-bond acceptors (Lipinski definition) is 4. The second-order valence-corrected chi connectivity index (χ2v) is 7.18. The number of carboxylic acids is 1. The van der Waals surface area contributed by atoms with Crippen LogP contribution in [0.5, 0.6) is 5.75 Å². The summed E-state index contributed by atoms with van der Waals surface area (Å²) in [6.07, 6.45) is 1.64. The lowest BCUT2D eigenvalue weighted by Gasteiger charge is -2.31. The van der Waals surface area contributed by atoms with Gasteiger partial charge in [-0.1, -0.05) is 12.1 Å². The molecule has 1 aliphatic rings. The maximum atomic E-state index is 11.6. The molecule has 2 atom stereocenters. The van der Waals surface area contributed by atoms with Crippen molar-refractivity contribution in [3.05, 3.63) is 51.7 Å². The van der Waals surface area contributed by atoms with E-state index in [9.17, 15) is 9.90 Å². The zero-order valence-electron chi connectivity index (χ0n) is 13.4. The molecule has 23 heavy (non-hydrogen) atoms. The topological polar surface area (TPSA) is 49.8 Å². The Labute approximate surface area is 140 Å². The minimum absolute atomic E-state index is 0.0109. The number of likely N-dealkylation sites (tertiary alicyclic amines) is 1. The zero-order valence-corrected chi connectivity index (χ0v) is 14.2. The number of methoxy groups -OCH3 is 1. The molecule has 2 heterocycles. The maximum absolute atomic E-state index is 11.6. The molecule has 2 unspecified atom stereocenters. The summed E-state index contributed by atoms with van der Waals surface area (Å²) in [5.74, 6) is 0.0837. The molecule has 1 saturated heterocycles. The highest BCUT2D eigenvalue weighted by atomic mass is 32.1. The van der Waals surface area contributed by atoms with E-state index in [4.69, 9.17) is 4.74 Å². The Morgan fingerprint density at radius 3 is 2.61 bits per heavy atom. The summed E-state index contributed by atoms with van der Waals surface area (Å²) >= 11 is 1.74. The molecule has 1 aliphatic heterocycles. The van der Waals surface area contributed by atoms with Crippen LogP contribution in [0.25, 0.3) is 0 Å². The first-order valence-electron chi connectivity index (χ1n) is 7.79. The first-order chi connectivity index (χ1) is 11.1. The number of aliphatic carboxylic acids is 1. The monoisotopic (exact) mass is 331 g/mol. The molecule has 122 valence electrons. The molecule has 0 amide bonds. The van der Waals surface area contributed by atoms with Crippen molar-refractivity contribution in [3.63, 3.8) is 0 Å². The Kier molecular flexibility index (Phi) is 4.68. The number of ether oxygens (including phenoxy) is 1. The third-order valence-electron chi connectivity index (χ3n) is 4.37. The van der Waals surface area contributed by atoms with E-state index < -0.39 is 12.0 Å². The summed E-state index contributed by atoms with van der Waals surface area (Å²) in [6, 6.07) is 11.7. The van der Waals surface area contributed by atoms with Gasteiger partial charge in [-0.25, -0.2) is 0 Å². The van der Waals surface area contributed by atoms with Crippen molar-refractivity contribution in [3.8, 4) is 5.75 Å². The fourth-order valence-corrected chi connectivity index (χ4v) is 4.30. The van der Waals surface area contributed by atoms with Crippen LogP contribution in [-0.2, 0) is 4.79 Å². The number of carboxylic acid groups (broad SMARTS) is 1. The van der Waals surface area contributed by atoms with Crippen molar-refractivity contribution in [2.75, 3.05) is 13.7 Å². The van der Waals surface area contributed by atoms with Gasteiger partial charge in [0.2, 0.25) is 0 Å². The molecule has 2 aromatic rings. The summed E-state index contributed by atoms with van der Waals surface area (Å²) in [4.78, 5) is 16.2. The maximum Gasteiger partial charge on any atom is 0.320 e. The molecule has 0 bridgehead atoms. The molecular weight excluding hydrogens is 310 g/mol. The molecule has 5 heteroatoms. The molecule has 1 aromatic heterocycles. The largest absolute Gasteiger partial charge is 0.497 e. The van der Waals surface area contributed by atoms with Gasteiger partial charge in [0.05, 0.1) is 13.2 Å². The smallest absolute Gasteiger partial charge is 0.320 e. The van der Waals surface area contributed by atoms with E-state index in [-0.39, 0.29) is 6.04 Å². The van der Waals surface area contributed by atoms with Crippen LogP contribution in [0, 0.1) is 6.92 Å². The van der Waals surface area contributed by atoms with Gasteiger partial charge in [0.25, 0.3) is 0 Å². The summed E-state index contributed by atoms with van der Waals surface area (Å²) in [5, 5.41) is 9.56. The molecule has 0 spiro atoms. The predicted octanol–water partition coefficient (Wildman–Crippen LogP) is 3.70. The average molecular weight is 331 g/mol. The summed E-state index contributed by atoms with van der Waals surface area (Å²) in [5.41, 5.74) is 1.11.